The molecule has 1 heterocycles. The molecule has 0 aliphatic heterocycles. The predicted octanol–water partition coefficient (Wildman–Crippen LogP) is 2.83. The van der Waals surface area contributed by atoms with Crippen LogP contribution in [-0.4, -0.2) is 13.7 Å². The number of nitrogens with zero attached hydrogens (tertiary/aromatic N) is 1. The van der Waals surface area contributed by atoms with Gasteiger partial charge in [0.05, 0.1) is 16.0 Å². The van der Waals surface area contributed by atoms with Crippen molar-refractivity contribution in [2.24, 2.45) is 0 Å². The van der Waals surface area contributed by atoms with Crippen molar-refractivity contribution < 1.29 is 8.76 Å². The Kier molecular flexibility index (Phi) is 2.66. The lowest BCUT2D eigenvalue weighted by Crippen LogP contribution is -1.91. The van der Waals surface area contributed by atoms with E-state index in [1.54, 1.807) is 0 Å². The molecule has 1 aromatic heterocycles. The standard InChI is InChI=1S/C12H9NO2S2/c14-17(15)7-11-13-12-9-4-2-1-3-8(9)5-6-10(12)16-11/h1-6H,7H2,(H,14,15)/p-1. The second kappa shape index (κ2) is 4.18. The Balaban J connectivity index is 2.27. The van der Waals surface area contributed by atoms with Crippen LogP contribution in [0.15, 0.2) is 36.4 Å². The van der Waals surface area contributed by atoms with Gasteiger partial charge < -0.3 is 4.55 Å². The lowest BCUT2D eigenvalue weighted by Gasteiger charge is -1.99. The third kappa shape index (κ3) is 1.97. The van der Waals surface area contributed by atoms with Gasteiger partial charge in [0.1, 0.15) is 5.01 Å². The molecule has 0 saturated heterocycles. The maximum atomic E-state index is 10.7. The molecule has 0 bridgehead atoms. The van der Waals surface area contributed by atoms with Gasteiger partial charge >= 0.3 is 0 Å². The molecule has 1 unspecified atom stereocenters. The topological polar surface area (TPSA) is 53.0 Å². The molecule has 0 amide bonds. The fraction of sp³-hybridized carbons (Fsp3) is 0.0833. The van der Waals surface area contributed by atoms with E-state index in [-0.39, 0.29) is 5.75 Å². The number of hydrogen-bond acceptors (Lipinski definition) is 4. The minimum Gasteiger partial charge on any atom is -0.772 e. The lowest BCUT2D eigenvalue weighted by atomic mass is 10.1. The fourth-order valence-electron chi connectivity index (χ4n) is 1.87. The zero-order valence-electron chi connectivity index (χ0n) is 8.75. The minimum absolute atomic E-state index is 0.00628. The van der Waals surface area contributed by atoms with Gasteiger partial charge in [-0.15, -0.1) is 11.3 Å². The summed E-state index contributed by atoms with van der Waals surface area (Å²) in [6.45, 7) is 0. The Labute approximate surface area is 104 Å². The van der Waals surface area contributed by atoms with E-state index in [0.29, 0.717) is 5.01 Å². The zero-order valence-corrected chi connectivity index (χ0v) is 10.4. The number of hydrogen-bond donors (Lipinski definition) is 0. The number of thiazole rings is 1. The monoisotopic (exact) mass is 262 g/mol. The van der Waals surface area contributed by atoms with E-state index in [0.717, 1.165) is 21.0 Å². The third-order valence-electron chi connectivity index (χ3n) is 2.57. The van der Waals surface area contributed by atoms with Crippen molar-refractivity contribution >= 4 is 43.4 Å². The second-order valence-corrected chi connectivity index (χ2v) is 5.70. The molecule has 86 valence electrons. The Morgan fingerprint density at radius 1 is 1.24 bits per heavy atom. The highest BCUT2D eigenvalue weighted by atomic mass is 32.2. The van der Waals surface area contributed by atoms with Crippen molar-refractivity contribution in [2.45, 2.75) is 5.75 Å². The average Bonchev–Trinajstić information content (AvgIpc) is 2.70. The Hall–Kier alpha value is -1.30. The quantitative estimate of drug-likeness (QED) is 0.667. The molecule has 0 radical (unpaired) electrons. The maximum Gasteiger partial charge on any atom is 0.105 e. The Morgan fingerprint density at radius 3 is 2.88 bits per heavy atom. The first-order valence-electron chi connectivity index (χ1n) is 5.07. The van der Waals surface area contributed by atoms with Gasteiger partial charge in [-0.1, -0.05) is 30.3 Å². The van der Waals surface area contributed by atoms with Gasteiger partial charge in [-0.05, 0) is 22.5 Å². The van der Waals surface area contributed by atoms with Crippen molar-refractivity contribution in [2.75, 3.05) is 0 Å². The van der Waals surface area contributed by atoms with E-state index in [9.17, 15) is 8.76 Å². The van der Waals surface area contributed by atoms with E-state index in [4.69, 9.17) is 0 Å². The lowest BCUT2D eigenvalue weighted by molar-refractivity contribution is 0.536. The molecule has 17 heavy (non-hydrogen) atoms. The van der Waals surface area contributed by atoms with Crippen LogP contribution in [0.1, 0.15) is 5.01 Å². The minimum atomic E-state index is -2.08. The first-order valence-corrected chi connectivity index (χ1v) is 7.13. The molecule has 3 rings (SSSR count). The number of rotatable bonds is 2. The SMILES string of the molecule is O=S([O-])Cc1nc2c(ccc3ccccc32)s1. The summed E-state index contributed by atoms with van der Waals surface area (Å²) in [6.07, 6.45) is 0. The second-order valence-electron chi connectivity index (χ2n) is 3.69. The zero-order chi connectivity index (χ0) is 11.8. The van der Waals surface area contributed by atoms with Crippen molar-refractivity contribution in [1.29, 1.82) is 0 Å². The van der Waals surface area contributed by atoms with Gasteiger partial charge in [0, 0.05) is 5.39 Å². The molecule has 0 spiro atoms. The van der Waals surface area contributed by atoms with Crippen molar-refractivity contribution in [3.63, 3.8) is 0 Å². The van der Waals surface area contributed by atoms with E-state index in [2.05, 4.69) is 4.98 Å². The van der Waals surface area contributed by atoms with E-state index in [1.807, 2.05) is 36.4 Å². The molecule has 3 aromatic rings. The molecule has 0 fully saturated rings. The summed E-state index contributed by atoms with van der Waals surface area (Å²) in [6, 6.07) is 12.0. The summed E-state index contributed by atoms with van der Waals surface area (Å²) in [4.78, 5) is 4.41. The van der Waals surface area contributed by atoms with Crippen molar-refractivity contribution in [1.82, 2.24) is 4.98 Å². The van der Waals surface area contributed by atoms with Crippen LogP contribution in [0, 0.1) is 0 Å². The molecule has 2 aromatic carbocycles. The summed E-state index contributed by atoms with van der Waals surface area (Å²) in [7, 11) is 0. The van der Waals surface area contributed by atoms with E-state index >= 15 is 0 Å². The van der Waals surface area contributed by atoms with Gasteiger partial charge in [0.2, 0.25) is 0 Å². The molecule has 3 nitrogen and oxygen atoms in total. The molecule has 0 saturated carbocycles. The average molecular weight is 262 g/mol. The van der Waals surface area contributed by atoms with Crippen LogP contribution < -0.4 is 0 Å². The van der Waals surface area contributed by atoms with Gasteiger partial charge in [-0.25, -0.2) is 4.98 Å². The molecule has 5 heteroatoms. The Bertz CT molecular complexity index is 721. The van der Waals surface area contributed by atoms with Gasteiger partial charge in [-0.2, -0.15) is 0 Å². The summed E-state index contributed by atoms with van der Waals surface area (Å²) in [5, 5.41) is 2.84. The Morgan fingerprint density at radius 2 is 2.06 bits per heavy atom. The maximum absolute atomic E-state index is 10.7. The van der Waals surface area contributed by atoms with Crippen LogP contribution in [-0.2, 0) is 16.8 Å². The van der Waals surface area contributed by atoms with Gasteiger partial charge in [-0.3, -0.25) is 4.21 Å². The number of aromatic nitrogens is 1. The normalized spacial score (nSPS) is 13.2. The largest absolute Gasteiger partial charge is 0.772 e. The summed E-state index contributed by atoms with van der Waals surface area (Å²) in [5.74, 6) is -0.00628. The van der Waals surface area contributed by atoms with Crippen molar-refractivity contribution in [3.8, 4) is 0 Å². The molecular formula is C12H8NO2S2-. The van der Waals surface area contributed by atoms with Crippen LogP contribution in [0.2, 0.25) is 0 Å². The predicted molar refractivity (Wildman–Crippen MR) is 69.7 cm³/mol. The molecule has 0 aliphatic rings. The first kappa shape index (κ1) is 10.8. The summed E-state index contributed by atoms with van der Waals surface area (Å²) < 4.78 is 22.4. The van der Waals surface area contributed by atoms with E-state index in [1.165, 1.54) is 11.3 Å². The smallest absolute Gasteiger partial charge is 0.105 e. The third-order valence-corrected chi connectivity index (χ3v) is 4.28. The summed E-state index contributed by atoms with van der Waals surface area (Å²) >= 11 is -0.643. The van der Waals surface area contributed by atoms with Crippen LogP contribution in [0.5, 0.6) is 0 Å². The highest BCUT2D eigenvalue weighted by Gasteiger charge is 2.07. The van der Waals surface area contributed by atoms with Crippen LogP contribution in [0.25, 0.3) is 21.0 Å². The van der Waals surface area contributed by atoms with E-state index < -0.39 is 11.1 Å². The number of fused-ring (bicyclic) bond motifs is 3. The fourth-order valence-corrected chi connectivity index (χ4v) is 3.44. The first-order chi connectivity index (χ1) is 8.24. The van der Waals surface area contributed by atoms with Crippen LogP contribution in [0.4, 0.5) is 0 Å². The highest BCUT2D eigenvalue weighted by Crippen LogP contribution is 2.29. The van der Waals surface area contributed by atoms with Crippen LogP contribution >= 0.6 is 11.3 Å². The van der Waals surface area contributed by atoms with Crippen LogP contribution in [0.3, 0.4) is 0 Å². The molecule has 1 atom stereocenters. The molecule has 0 aliphatic carbocycles. The highest BCUT2D eigenvalue weighted by molar-refractivity contribution is 7.78. The summed E-state index contributed by atoms with van der Waals surface area (Å²) in [5.41, 5.74) is 0.897. The van der Waals surface area contributed by atoms with Gasteiger partial charge in [0.15, 0.2) is 0 Å². The number of benzene rings is 2. The van der Waals surface area contributed by atoms with Crippen molar-refractivity contribution in [3.05, 3.63) is 41.4 Å². The molecule has 0 N–H and O–H groups in total. The molecular weight excluding hydrogens is 254 g/mol. The van der Waals surface area contributed by atoms with Gasteiger partial charge in [0.25, 0.3) is 0 Å².